The van der Waals surface area contributed by atoms with Gasteiger partial charge >= 0.3 is 0 Å². The van der Waals surface area contributed by atoms with Crippen molar-refractivity contribution in [1.29, 1.82) is 0 Å². The molecule has 0 spiro atoms. The molecule has 0 aliphatic carbocycles. The maximum absolute atomic E-state index is 13.1. The minimum atomic E-state index is -0.350. The van der Waals surface area contributed by atoms with Gasteiger partial charge in [0.05, 0.1) is 23.4 Å². The number of ether oxygens (including phenoxy) is 2. The van der Waals surface area contributed by atoms with Crippen LogP contribution in [-0.2, 0) is 16.6 Å². The number of hydrogen-bond donors (Lipinski definition) is 0. The van der Waals surface area contributed by atoms with Gasteiger partial charge in [0.1, 0.15) is 16.9 Å². The molecule has 3 heterocycles. The summed E-state index contributed by atoms with van der Waals surface area (Å²) in [5.74, 6) is -0.0343. The first-order chi connectivity index (χ1) is 13.5. The van der Waals surface area contributed by atoms with Crippen LogP contribution in [0, 0.1) is 0 Å². The summed E-state index contributed by atoms with van der Waals surface area (Å²) in [6.45, 7) is 1.02. The van der Waals surface area contributed by atoms with Crippen LogP contribution in [0.3, 0.4) is 0 Å². The number of amides is 1. The summed E-state index contributed by atoms with van der Waals surface area (Å²) in [6, 6.07) is 7.65. The summed E-state index contributed by atoms with van der Waals surface area (Å²) in [4.78, 5) is 31.4. The molecule has 0 radical (unpaired) electrons. The van der Waals surface area contributed by atoms with Crippen molar-refractivity contribution in [2.75, 3.05) is 27.4 Å². The maximum atomic E-state index is 13.1. The van der Waals surface area contributed by atoms with Crippen molar-refractivity contribution in [3.05, 3.63) is 39.5 Å². The molecule has 0 saturated carbocycles. The van der Waals surface area contributed by atoms with E-state index in [9.17, 15) is 9.59 Å². The number of pyridine rings is 1. The van der Waals surface area contributed by atoms with Crippen molar-refractivity contribution in [3.63, 3.8) is 0 Å². The SMILES string of the molecule is CON(C)C(=O)c1sc2c(c1OCC1CCCO1)c(=O)n(C)c1ccccc21. The number of aromatic nitrogens is 1. The van der Waals surface area contributed by atoms with Gasteiger partial charge in [0.15, 0.2) is 5.75 Å². The molecule has 8 heteroatoms. The Labute approximate surface area is 166 Å². The van der Waals surface area contributed by atoms with Gasteiger partial charge in [-0.25, -0.2) is 5.06 Å². The van der Waals surface area contributed by atoms with Gasteiger partial charge in [-0.2, -0.15) is 0 Å². The van der Waals surface area contributed by atoms with Crippen LogP contribution in [0.4, 0.5) is 0 Å². The zero-order valence-corrected chi connectivity index (χ0v) is 16.9. The molecule has 7 nitrogen and oxygen atoms in total. The highest BCUT2D eigenvalue weighted by molar-refractivity contribution is 7.22. The van der Waals surface area contributed by atoms with Crippen LogP contribution in [0.1, 0.15) is 22.5 Å². The highest BCUT2D eigenvalue weighted by Gasteiger charge is 2.28. The number of benzene rings is 1. The number of carbonyl (C=O) groups is 1. The smallest absolute Gasteiger partial charge is 0.291 e. The third-order valence-corrected chi connectivity index (χ3v) is 6.28. The van der Waals surface area contributed by atoms with E-state index in [4.69, 9.17) is 14.3 Å². The number of hydroxylamine groups is 2. The lowest BCUT2D eigenvalue weighted by molar-refractivity contribution is -0.0755. The molecule has 1 atom stereocenters. The van der Waals surface area contributed by atoms with Gasteiger partial charge in [-0.05, 0) is 18.9 Å². The topological polar surface area (TPSA) is 70.0 Å². The van der Waals surface area contributed by atoms with Crippen molar-refractivity contribution >= 4 is 38.2 Å². The molecule has 3 aromatic rings. The lowest BCUT2D eigenvalue weighted by Gasteiger charge is -2.15. The summed E-state index contributed by atoms with van der Waals surface area (Å²) in [6.07, 6.45) is 1.87. The fourth-order valence-electron chi connectivity index (χ4n) is 3.49. The third kappa shape index (κ3) is 3.07. The molecule has 4 rings (SSSR count). The molecule has 1 fully saturated rings. The fraction of sp³-hybridized carbons (Fsp3) is 0.400. The molecule has 1 amide bonds. The third-order valence-electron chi connectivity index (χ3n) is 5.08. The van der Waals surface area contributed by atoms with Gasteiger partial charge < -0.3 is 14.0 Å². The summed E-state index contributed by atoms with van der Waals surface area (Å²) in [5, 5.41) is 2.47. The maximum Gasteiger partial charge on any atom is 0.291 e. The largest absolute Gasteiger partial charge is 0.488 e. The van der Waals surface area contributed by atoms with Gasteiger partial charge in [0.2, 0.25) is 0 Å². The van der Waals surface area contributed by atoms with Crippen molar-refractivity contribution in [2.45, 2.75) is 18.9 Å². The van der Waals surface area contributed by atoms with E-state index in [0.29, 0.717) is 29.2 Å². The molecule has 1 aliphatic heterocycles. The van der Waals surface area contributed by atoms with Crippen molar-refractivity contribution < 1.29 is 19.1 Å². The first-order valence-electron chi connectivity index (χ1n) is 9.13. The summed E-state index contributed by atoms with van der Waals surface area (Å²) < 4.78 is 14.0. The minimum Gasteiger partial charge on any atom is -0.488 e. The van der Waals surface area contributed by atoms with Crippen LogP contribution in [0.25, 0.3) is 21.0 Å². The second-order valence-electron chi connectivity index (χ2n) is 6.78. The highest BCUT2D eigenvalue weighted by atomic mass is 32.1. The second-order valence-corrected chi connectivity index (χ2v) is 7.80. The summed E-state index contributed by atoms with van der Waals surface area (Å²) in [7, 11) is 4.69. The van der Waals surface area contributed by atoms with E-state index in [1.165, 1.54) is 25.5 Å². The molecule has 1 unspecified atom stereocenters. The molecule has 1 saturated heterocycles. The Balaban J connectivity index is 1.93. The van der Waals surface area contributed by atoms with Gasteiger partial charge in [-0.1, -0.05) is 18.2 Å². The number of rotatable bonds is 5. The van der Waals surface area contributed by atoms with E-state index >= 15 is 0 Å². The molecular formula is C20H22N2O5S. The van der Waals surface area contributed by atoms with Gasteiger partial charge in [0, 0.05) is 26.1 Å². The number of carbonyl (C=O) groups excluding carboxylic acids is 1. The first kappa shape index (κ1) is 18.9. The van der Waals surface area contributed by atoms with Gasteiger partial charge in [0.25, 0.3) is 11.5 Å². The van der Waals surface area contributed by atoms with Crippen LogP contribution in [-0.4, -0.2) is 49.0 Å². The van der Waals surface area contributed by atoms with Crippen molar-refractivity contribution in [1.82, 2.24) is 9.63 Å². The quantitative estimate of drug-likeness (QED) is 0.614. The average molecular weight is 402 g/mol. The highest BCUT2D eigenvalue weighted by Crippen LogP contribution is 2.40. The van der Waals surface area contributed by atoms with Crippen LogP contribution < -0.4 is 10.3 Å². The van der Waals surface area contributed by atoms with Crippen molar-refractivity contribution in [3.8, 4) is 5.75 Å². The van der Waals surface area contributed by atoms with E-state index in [1.54, 1.807) is 11.6 Å². The van der Waals surface area contributed by atoms with E-state index in [-0.39, 0.29) is 17.6 Å². The zero-order chi connectivity index (χ0) is 19.8. The molecule has 0 bridgehead atoms. The predicted octanol–water partition coefficient (Wildman–Crippen LogP) is 2.94. The molecule has 1 aliphatic rings. The fourth-order valence-corrected chi connectivity index (χ4v) is 4.73. The molecule has 1 aromatic carbocycles. The summed E-state index contributed by atoms with van der Waals surface area (Å²) >= 11 is 1.26. The second kappa shape index (κ2) is 7.54. The number of para-hydroxylation sites is 1. The lowest BCUT2D eigenvalue weighted by Crippen LogP contribution is -2.26. The predicted molar refractivity (Wildman–Crippen MR) is 108 cm³/mol. The molecule has 148 valence electrons. The lowest BCUT2D eigenvalue weighted by atomic mass is 10.1. The Hall–Kier alpha value is -2.42. The number of nitrogens with zero attached hydrogens (tertiary/aromatic N) is 2. The normalized spacial score (nSPS) is 16.8. The van der Waals surface area contributed by atoms with Crippen LogP contribution in [0.2, 0.25) is 0 Å². The molecule has 2 aromatic heterocycles. The Bertz CT molecular complexity index is 1100. The molecule has 0 N–H and O–H groups in total. The summed E-state index contributed by atoms with van der Waals surface area (Å²) in [5.41, 5.74) is 0.623. The molecule has 28 heavy (non-hydrogen) atoms. The number of thiophene rings is 1. The van der Waals surface area contributed by atoms with Crippen molar-refractivity contribution in [2.24, 2.45) is 7.05 Å². The monoisotopic (exact) mass is 402 g/mol. The van der Waals surface area contributed by atoms with Crippen LogP contribution in [0.5, 0.6) is 5.75 Å². The zero-order valence-electron chi connectivity index (χ0n) is 16.1. The van der Waals surface area contributed by atoms with Gasteiger partial charge in [-0.3, -0.25) is 14.4 Å². The van der Waals surface area contributed by atoms with E-state index in [1.807, 2.05) is 24.3 Å². The standard InChI is InChI=1S/C20H22N2O5S/c1-21-14-9-5-4-8-13(14)17-15(19(21)23)16(27-11-12-7-6-10-26-12)18(28-17)20(24)22(2)25-3/h4-5,8-9,12H,6-7,10-11H2,1-3H3. The first-order valence-corrected chi connectivity index (χ1v) is 9.95. The average Bonchev–Trinajstić information content (AvgIpc) is 3.37. The number of hydrogen-bond acceptors (Lipinski definition) is 6. The van der Waals surface area contributed by atoms with Gasteiger partial charge in [-0.15, -0.1) is 11.3 Å². The van der Waals surface area contributed by atoms with Crippen LogP contribution in [0.15, 0.2) is 29.1 Å². The number of fused-ring (bicyclic) bond motifs is 3. The Kier molecular flexibility index (Phi) is 5.09. The minimum absolute atomic E-state index is 0.0256. The van der Waals surface area contributed by atoms with E-state index < -0.39 is 0 Å². The Morgan fingerprint density at radius 2 is 2.18 bits per heavy atom. The number of aryl methyl sites for hydroxylation is 1. The van der Waals surface area contributed by atoms with E-state index in [0.717, 1.165) is 33.5 Å². The van der Waals surface area contributed by atoms with Crippen LogP contribution >= 0.6 is 11.3 Å². The van der Waals surface area contributed by atoms with E-state index in [2.05, 4.69) is 0 Å². The molecular weight excluding hydrogens is 380 g/mol. The Morgan fingerprint density at radius 1 is 1.39 bits per heavy atom. The Morgan fingerprint density at radius 3 is 2.89 bits per heavy atom.